The van der Waals surface area contributed by atoms with Gasteiger partial charge in [-0.05, 0) is 12.1 Å². The van der Waals surface area contributed by atoms with E-state index >= 15 is 0 Å². The van der Waals surface area contributed by atoms with Crippen LogP contribution >= 0.6 is 11.8 Å². The summed E-state index contributed by atoms with van der Waals surface area (Å²) in [6, 6.07) is 10.5. The third kappa shape index (κ3) is 4.08. The van der Waals surface area contributed by atoms with Gasteiger partial charge in [-0.1, -0.05) is 18.2 Å². The van der Waals surface area contributed by atoms with Crippen LogP contribution in [-0.2, 0) is 11.8 Å². The van der Waals surface area contributed by atoms with Crippen LogP contribution in [0.2, 0.25) is 0 Å². The van der Waals surface area contributed by atoms with Gasteiger partial charge >= 0.3 is 6.01 Å². The monoisotopic (exact) mass is 382 g/mol. The van der Waals surface area contributed by atoms with E-state index in [1.54, 1.807) is 30.2 Å². The largest absolute Gasteiger partial charge is 0.460 e. The van der Waals surface area contributed by atoms with Crippen molar-refractivity contribution in [3.8, 4) is 6.01 Å². The number of amides is 1. The number of thioether (sulfide) groups is 1. The van der Waals surface area contributed by atoms with Crippen LogP contribution in [0.3, 0.4) is 0 Å². The highest BCUT2D eigenvalue weighted by Crippen LogP contribution is 2.29. The number of nitrogens with zero attached hydrogens (tertiary/aromatic N) is 4. The van der Waals surface area contributed by atoms with E-state index in [4.69, 9.17) is 4.74 Å². The Labute approximate surface area is 162 Å². The maximum atomic E-state index is 12.6. The van der Waals surface area contributed by atoms with E-state index < -0.39 is 0 Å². The van der Waals surface area contributed by atoms with Crippen LogP contribution in [0.1, 0.15) is 12.8 Å². The number of ether oxygens (including phenoxy) is 1. The molecule has 0 aliphatic carbocycles. The van der Waals surface area contributed by atoms with E-state index in [9.17, 15) is 4.79 Å². The molecule has 7 heteroatoms. The Morgan fingerprint density at radius 3 is 2.70 bits per heavy atom. The first-order chi connectivity index (χ1) is 13.2. The second-order valence-electron chi connectivity index (χ2n) is 6.64. The second-order valence-corrected chi connectivity index (χ2v) is 7.66. The third-order valence-corrected chi connectivity index (χ3v) is 5.85. The number of benzene rings is 1. The van der Waals surface area contributed by atoms with Crippen LogP contribution < -0.4 is 4.74 Å². The highest BCUT2D eigenvalue weighted by Gasteiger charge is 2.24. The van der Waals surface area contributed by atoms with Crippen molar-refractivity contribution < 1.29 is 9.53 Å². The molecule has 0 N–H and O–H groups in total. The summed E-state index contributed by atoms with van der Waals surface area (Å²) in [5.74, 6) is 0.642. The van der Waals surface area contributed by atoms with Crippen LogP contribution in [0.15, 0.2) is 53.8 Å². The van der Waals surface area contributed by atoms with E-state index in [2.05, 4.69) is 32.9 Å². The van der Waals surface area contributed by atoms with Gasteiger partial charge in [-0.2, -0.15) is 0 Å². The molecule has 6 nitrogen and oxygen atoms in total. The number of piperidine rings is 1. The van der Waals surface area contributed by atoms with Crippen LogP contribution in [0.25, 0.3) is 10.9 Å². The van der Waals surface area contributed by atoms with Crippen molar-refractivity contribution in [2.24, 2.45) is 7.05 Å². The van der Waals surface area contributed by atoms with Gasteiger partial charge in [0.1, 0.15) is 6.10 Å². The summed E-state index contributed by atoms with van der Waals surface area (Å²) in [5.41, 5.74) is 1.19. The summed E-state index contributed by atoms with van der Waals surface area (Å²) in [4.78, 5) is 23.9. The quantitative estimate of drug-likeness (QED) is 0.635. The SMILES string of the molecule is Cn1cc(SCC(=O)N2CCC(Oc3ncccn3)CC2)c2ccccc21. The van der Waals surface area contributed by atoms with Crippen LogP contribution in [0.5, 0.6) is 6.01 Å². The van der Waals surface area contributed by atoms with Gasteiger partial charge in [0.25, 0.3) is 0 Å². The minimum Gasteiger partial charge on any atom is -0.460 e. The number of likely N-dealkylation sites (tertiary alicyclic amines) is 1. The Bertz CT molecular complexity index is 920. The van der Waals surface area contributed by atoms with Crippen molar-refractivity contribution in [2.75, 3.05) is 18.8 Å². The van der Waals surface area contributed by atoms with E-state index in [0.717, 1.165) is 17.7 Å². The summed E-state index contributed by atoms with van der Waals surface area (Å²) in [5, 5.41) is 1.20. The van der Waals surface area contributed by atoms with E-state index in [1.165, 1.54) is 10.9 Å². The number of aromatic nitrogens is 3. The first kappa shape index (κ1) is 17.9. The Balaban J connectivity index is 1.29. The van der Waals surface area contributed by atoms with Crippen molar-refractivity contribution in [1.82, 2.24) is 19.4 Å². The molecule has 0 atom stereocenters. The number of para-hydroxylation sites is 1. The van der Waals surface area contributed by atoms with Crippen LogP contribution in [0.4, 0.5) is 0 Å². The Morgan fingerprint density at radius 2 is 1.93 bits per heavy atom. The van der Waals surface area contributed by atoms with Crippen molar-refractivity contribution in [3.63, 3.8) is 0 Å². The summed E-state index contributed by atoms with van der Waals surface area (Å²) >= 11 is 1.61. The molecule has 0 bridgehead atoms. The molecule has 1 fully saturated rings. The fourth-order valence-electron chi connectivity index (χ4n) is 3.37. The number of hydrogen-bond donors (Lipinski definition) is 0. The number of hydrogen-bond acceptors (Lipinski definition) is 5. The minimum atomic E-state index is 0.0715. The van der Waals surface area contributed by atoms with E-state index in [0.29, 0.717) is 24.9 Å². The zero-order chi connectivity index (χ0) is 18.6. The molecular formula is C20H22N4O2S. The lowest BCUT2D eigenvalue weighted by Gasteiger charge is -2.31. The molecule has 0 unspecified atom stereocenters. The number of aryl methyl sites for hydroxylation is 1. The molecule has 2 aromatic heterocycles. The van der Waals surface area contributed by atoms with Crippen molar-refractivity contribution in [3.05, 3.63) is 48.9 Å². The van der Waals surface area contributed by atoms with Crippen molar-refractivity contribution >= 4 is 28.6 Å². The van der Waals surface area contributed by atoms with Gasteiger partial charge in [-0.3, -0.25) is 4.79 Å². The fraction of sp³-hybridized carbons (Fsp3) is 0.350. The topological polar surface area (TPSA) is 60.2 Å². The molecular weight excluding hydrogens is 360 g/mol. The van der Waals surface area contributed by atoms with Gasteiger partial charge in [0.15, 0.2) is 0 Å². The molecule has 1 aliphatic rings. The average molecular weight is 382 g/mol. The molecule has 0 radical (unpaired) electrons. The fourth-order valence-corrected chi connectivity index (χ4v) is 4.39. The predicted octanol–water partition coefficient (Wildman–Crippen LogP) is 3.13. The van der Waals surface area contributed by atoms with Gasteiger partial charge in [-0.25, -0.2) is 9.97 Å². The summed E-state index contributed by atoms with van der Waals surface area (Å²) in [6.45, 7) is 1.43. The van der Waals surface area contributed by atoms with Crippen molar-refractivity contribution in [2.45, 2.75) is 23.8 Å². The summed E-state index contributed by atoms with van der Waals surface area (Å²) in [6.07, 6.45) is 7.13. The highest BCUT2D eigenvalue weighted by molar-refractivity contribution is 8.00. The van der Waals surface area contributed by atoms with Gasteiger partial charge in [0.05, 0.1) is 5.75 Å². The molecule has 140 valence electrons. The first-order valence-electron chi connectivity index (χ1n) is 9.09. The van der Waals surface area contributed by atoms with Crippen molar-refractivity contribution in [1.29, 1.82) is 0 Å². The molecule has 27 heavy (non-hydrogen) atoms. The van der Waals surface area contributed by atoms with Crippen LogP contribution in [-0.4, -0.2) is 50.3 Å². The number of rotatable bonds is 5. The van der Waals surface area contributed by atoms with Gasteiger partial charge in [0, 0.05) is 67.4 Å². The van der Waals surface area contributed by atoms with E-state index in [-0.39, 0.29) is 12.0 Å². The number of fused-ring (bicyclic) bond motifs is 1. The van der Waals surface area contributed by atoms with Gasteiger partial charge in [0.2, 0.25) is 5.91 Å². The van der Waals surface area contributed by atoms with E-state index in [1.807, 2.05) is 24.1 Å². The van der Waals surface area contributed by atoms with Gasteiger partial charge in [-0.15, -0.1) is 11.8 Å². The molecule has 1 aliphatic heterocycles. The lowest BCUT2D eigenvalue weighted by molar-refractivity contribution is -0.130. The molecule has 3 heterocycles. The Hall–Kier alpha value is -2.54. The summed E-state index contributed by atoms with van der Waals surface area (Å²) < 4.78 is 7.90. The van der Waals surface area contributed by atoms with Crippen LogP contribution in [0, 0.1) is 0 Å². The molecule has 1 saturated heterocycles. The average Bonchev–Trinajstić information content (AvgIpc) is 3.04. The minimum absolute atomic E-state index is 0.0715. The number of carbonyl (C=O) groups excluding carboxylic acids is 1. The lowest BCUT2D eigenvalue weighted by atomic mass is 10.1. The molecule has 0 saturated carbocycles. The maximum Gasteiger partial charge on any atom is 0.316 e. The molecule has 1 amide bonds. The lowest BCUT2D eigenvalue weighted by Crippen LogP contribution is -2.42. The second kappa shape index (κ2) is 8.00. The summed E-state index contributed by atoms with van der Waals surface area (Å²) in [7, 11) is 2.04. The highest BCUT2D eigenvalue weighted by atomic mass is 32.2. The molecule has 1 aromatic carbocycles. The predicted molar refractivity (Wildman–Crippen MR) is 106 cm³/mol. The smallest absolute Gasteiger partial charge is 0.316 e. The molecule has 4 rings (SSSR count). The molecule has 3 aromatic rings. The zero-order valence-electron chi connectivity index (χ0n) is 15.2. The molecule has 0 spiro atoms. The first-order valence-corrected chi connectivity index (χ1v) is 10.1. The zero-order valence-corrected chi connectivity index (χ0v) is 16.1. The Morgan fingerprint density at radius 1 is 1.19 bits per heavy atom. The maximum absolute atomic E-state index is 12.6. The third-order valence-electron chi connectivity index (χ3n) is 4.82. The number of carbonyl (C=O) groups is 1. The standard InChI is InChI=1S/C20H22N4O2S/c1-23-13-18(16-5-2-3-6-17(16)23)27-14-19(25)24-11-7-15(8-12-24)26-20-21-9-4-10-22-20/h2-6,9-10,13,15H,7-8,11-12,14H2,1H3. The van der Waals surface area contributed by atoms with Gasteiger partial charge < -0.3 is 14.2 Å². The Kier molecular flexibility index (Phi) is 5.29. The normalized spacial score (nSPS) is 15.2.